The van der Waals surface area contributed by atoms with Gasteiger partial charge < -0.3 is 25.1 Å². The van der Waals surface area contributed by atoms with Crippen LogP contribution in [0, 0.1) is 5.41 Å². The van der Waals surface area contributed by atoms with Crippen LogP contribution in [0.25, 0.3) is 0 Å². The molecule has 10 nitrogen and oxygen atoms in total. The van der Waals surface area contributed by atoms with Gasteiger partial charge in [0.1, 0.15) is 34.2 Å². The highest BCUT2D eigenvalue weighted by Crippen LogP contribution is 2.45. The molecule has 3 heterocycles. The molecule has 2 aliphatic heterocycles. The number of thioether (sulfide) groups is 1. The lowest BCUT2D eigenvalue weighted by atomic mass is 9.77. The van der Waals surface area contributed by atoms with E-state index in [2.05, 4.69) is 74.8 Å². The monoisotopic (exact) mass is 987 g/mol. The van der Waals surface area contributed by atoms with Gasteiger partial charge in [-0.05, 0) is 53.5 Å². The number of rotatable bonds is 15. The maximum atomic E-state index is 14.4. The Morgan fingerprint density at radius 3 is 1.86 bits per heavy atom. The average molecular weight is 988 g/mol. The van der Waals surface area contributed by atoms with Crippen molar-refractivity contribution in [2.45, 2.75) is 54.8 Å². The van der Waals surface area contributed by atoms with Crippen LogP contribution < -0.4 is 10.6 Å². The van der Waals surface area contributed by atoms with Crippen LogP contribution in [-0.2, 0) is 29.5 Å². The summed E-state index contributed by atoms with van der Waals surface area (Å²) in [5.41, 5.74) is 3.34. The Kier molecular flexibility index (Phi) is 13.0. The van der Waals surface area contributed by atoms with Crippen molar-refractivity contribution in [3.05, 3.63) is 191 Å². The van der Waals surface area contributed by atoms with Crippen LogP contribution in [0.3, 0.4) is 0 Å². The van der Waals surface area contributed by atoms with Crippen LogP contribution in [0.4, 0.5) is 5.13 Å². The summed E-state index contributed by atoms with van der Waals surface area (Å²) in [6.07, 6.45) is 3.06. The lowest BCUT2D eigenvalue weighted by molar-refractivity contribution is -0.163. The second-order valence-electron chi connectivity index (χ2n) is 16.1. The molecule has 63 heavy (non-hydrogen) atoms. The number of carbonyl (C=O) groups is 3. The number of ether oxygens (including phenoxy) is 1. The number of nitrogens with one attached hydrogen (secondary N) is 2. The molecule has 2 unspecified atom stereocenters. The number of alkyl halides is 1. The van der Waals surface area contributed by atoms with E-state index in [9.17, 15) is 14.4 Å². The maximum Gasteiger partial charge on any atom is 0.316 e. The highest BCUT2D eigenvalue weighted by Gasteiger charge is 2.58. The van der Waals surface area contributed by atoms with Crippen molar-refractivity contribution in [2.24, 2.45) is 10.6 Å². The van der Waals surface area contributed by atoms with Crippen molar-refractivity contribution in [1.82, 2.24) is 15.2 Å². The van der Waals surface area contributed by atoms with Crippen molar-refractivity contribution >= 4 is 74.3 Å². The molecule has 0 spiro atoms. The highest BCUT2D eigenvalue weighted by atomic mass is 127. The summed E-state index contributed by atoms with van der Waals surface area (Å²) in [6.45, 7) is 0.187. The summed E-state index contributed by atoms with van der Waals surface area (Å²) in [4.78, 5) is 55.2. The van der Waals surface area contributed by atoms with E-state index in [0.717, 1.165) is 53.5 Å². The van der Waals surface area contributed by atoms with E-state index in [1.54, 1.807) is 10.3 Å². The summed E-state index contributed by atoms with van der Waals surface area (Å²) in [5.74, 6) is -0.754. The number of fused-ring (bicyclic) bond motifs is 1. The Hall–Kier alpha value is -5.51. The van der Waals surface area contributed by atoms with Crippen molar-refractivity contribution < 1.29 is 24.0 Å². The number of anilines is 1. The van der Waals surface area contributed by atoms with E-state index in [4.69, 9.17) is 14.6 Å². The molecule has 320 valence electrons. The molecule has 3 fully saturated rings. The minimum Gasteiger partial charge on any atom is -0.452 e. The number of halogens is 1. The largest absolute Gasteiger partial charge is 0.452 e. The number of amides is 2. The number of nitrogens with zero attached hydrogens (tertiary/aromatic N) is 3. The average Bonchev–Trinajstić information content (AvgIpc) is 4.06. The second-order valence-corrected chi connectivity index (χ2v) is 18.8. The molecule has 2 N–H and O–H groups in total. The molecule has 6 aromatic rings. The second kappa shape index (κ2) is 19.1. The first-order chi connectivity index (χ1) is 30.9. The molecule has 2 saturated heterocycles. The zero-order valence-electron chi connectivity index (χ0n) is 34.3. The Morgan fingerprint density at radius 1 is 0.810 bits per heavy atom. The Labute approximate surface area is 389 Å². The van der Waals surface area contributed by atoms with Gasteiger partial charge in [-0.1, -0.05) is 179 Å². The molecule has 1 aromatic heterocycles. The van der Waals surface area contributed by atoms with E-state index >= 15 is 0 Å². The van der Waals surface area contributed by atoms with E-state index in [1.165, 1.54) is 23.1 Å². The van der Waals surface area contributed by atoms with Crippen molar-refractivity contribution in [3.8, 4) is 0 Å². The molecule has 0 radical (unpaired) electrons. The van der Waals surface area contributed by atoms with Gasteiger partial charge in [0.25, 0.3) is 5.91 Å². The molecular formula is C50H46IN5O5S2. The Morgan fingerprint density at radius 2 is 1.33 bits per heavy atom. The lowest BCUT2D eigenvalue weighted by Gasteiger charge is -2.53. The molecule has 5 aromatic carbocycles. The zero-order valence-corrected chi connectivity index (χ0v) is 38.1. The SMILES string of the molecule is O=C(NC1C(=O)N2CC(CI)(C(=O)OC(c3ccccc3)c3ccccc3)CS[C@H]12)C(=NOC1CCCC1)c1csc(NC(c2ccccc2)(c2ccccc2)c2ccccc2)n1. The van der Waals surface area contributed by atoms with Crippen LogP contribution in [-0.4, -0.2) is 67.6 Å². The number of thiazole rings is 1. The fourth-order valence-electron chi connectivity index (χ4n) is 8.62. The lowest BCUT2D eigenvalue weighted by Crippen LogP contribution is -2.74. The summed E-state index contributed by atoms with van der Waals surface area (Å²) in [6, 6.07) is 49.3. The smallest absolute Gasteiger partial charge is 0.316 e. The van der Waals surface area contributed by atoms with Crippen LogP contribution in [0.1, 0.15) is 65.3 Å². The Balaban J connectivity index is 0.950. The summed E-state index contributed by atoms with van der Waals surface area (Å²) in [5, 5.41) is 13.2. The molecule has 3 atom stereocenters. The number of oxime groups is 1. The first kappa shape index (κ1) is 42.8. The minimum absolute atomic E-state index is 0.000968. The fraction of sp³-hybridized carbons (Fsp3) is 0.260. The number of hydrogen-bond acceptors (Lipinski definition) is 10. The van der Waals surface area contributed by atoms with Gasteiger partial charge >= 0.3 is 5.97 Å². The molecule has 1 saturated carbocycles. The van der Waals surface area contributed by atoms with Gasteiger partial charge in [-0.15, -0.1) is 23.1 Å². The van der Waals surface area contributed by atoms with Gasteiger partial charge in [0.15, 0.2) is 16.9 Å². The minimum atomic E-state index is -0.936. The fourth-order valence-corrected chi connectivity index (χ4v) is 12.1. The summed E-state index contributed by atoms with van der Waals surface area (Å²) in [7, 11) is 0. The number of carbonyl (C=O) groups excluding carboxylic acids is 3. The first-order valence-corrected chi connectivity index (χ1v) is 24.6. The van der Waals surface area contributed by atoms with Crippen molar-refractivity contribution in [1.29, 1.82) is 0 Å². The predicted octanol–water partition coefficient (Wildman–Crippen LogP) is 9.36. The van der Waals surface area contributed by atoms with Gasteiger partial charge in [0.05, 0.1) is 0 Å². The summed E-state index contributed by atoms with van der Waals surface area (Å²) >= 11 is 5.07. The third kappa shape index (κ3) is 8.75. The molecular weight excluding hydrogens is 942 g/mol. The quantitative estimate of drug-likeness (QED) is 0.0199. The number of esters is 1. The number of hydrogen-bond donors (Lipinski definition) is 2. The maximum absolute atomic E-state index is 14.4. The zero-order chi connectivity index (χ0) is 43.2. The van der Waals surface area contributed by atoms with E-state index < -0.39 is 29.0 Å². The molecule has 13 heteroatoms. The third-order valence-electron chi connectivity index (χ3n) is 12.0. The molecule has 1 aliphatic carbocycles. The van der Waals surface area contributed by atoms with Crippen LogP contribution >= 0.6 is 45.7 Å². The first-order valence-electron chi connectivity index (χ1n) is 21.1. The topological polar surface area (TPSA) is 122 Å². The molecule has 0 bridgehead atoms. The van der Waals surface area contributed by atoms with Gasteiger partial charge in [-0.25, -0.2) is 4.98 Å². The van der Waals surface area contributed by atoms with Gasteiger partial charge in [0, 0.05) is 22.1 Å². The molecule has 2 amide bonds. The van der Waals surface area contributed by atoms with Gasteiger partial charge in [-0.2, -0.15) is 0 Å². The van der Waals surface area contributed by atoms with Gasteiger partial charge in [-0.3, -0.25) is 14.4 Å². The highest BCUT2D eigenvalue weighted by molar-refractivity contribution is 14.1. The van der Waals surface area contributed by atoms with Gasteiger partial charge in [0.2, 0.25) is 5.91 Å². The van der Waals surface area contributed by atoms with E-state index in [-0.39, 0.29) is 35.6 Å². The third-order valence-corrected chi connectivity index (χ3v) is 15.8. The number of benzene rings is 5. The van der Waals surface area contributed by atoms with E-state index in [1.807, 2.05) is 115 Å². The molecule has 9 rings (SSSR count). The normalized spacial score (nSPS) is 20.1. The Bertz CT molecular complexity index is 2410. The van der Waals surface area contributed by atoms with Crippen molar-refractivity contribution in [2.75, 3.05) is 22.0 Å². The predicted molar refractivity (Wildman–Crippen MR) is 257 cm³/mol. The van der Waals surface area contributed by atoms with Crippen LogP contribution in [0.2, 0.25) is 0 Å². The van der Waals surface area contributed by atoms with Crippen molar-refractivity contribution in [3.63, 3.8) is 0 Å². The summed E-state index contributed by atoms with van der Waals surface area (Å²) < 4.78 is 6.80. The van der Waals surface area contributed by atoms with Crippen LogP contribution in [0.15, 0.2) is 162 Å². The number of aromatic nitrogens is 1. The van der Waals surface area contributed by atoms with Crippen LogP contribution in [0.5, 0.6) is 0 Å². The standard InChI is InChI=1S/C50H46IN5O5S2/c51-31-49(47(59)60-43(34-18-6-1-7-19-34)35-20-8-2-9-21-35)32-56-45(58)42(46(56)63-33-49)53-44(57)41(55-61-39-28-16-17-29-39)40-30-62-48(52-40)54-50(36-22-10-3-11-23-36,37-24-12-4-13-25-37)38-26-14-5-15-27-38/h1-15,18-27,30,39,42-43,46H,16-17,28-29,31-33H2,(H,52,54)(H,53,57)/t42?,46-,49?/m1/s1. The molecule has 3 aliphatic rings. The van der Waals surface area contributed by atoms with E-state index in [0.29, 0.717) is 21.0 Å². The number of β-lactam (4-membered cyclic amide) rings is 1.